The molecule has 6 nitrogen and oxygen atoms in total. The first-order chi connectivity index (χ1) is 18.0. The fourth-order valence-corrected chi connectivity index (χ4v) is 5.54. The Morgan fingerprint density at radius 3 is 2.42 bits per heavy atom. The first-order valence-corrected chi connectivity index (χ1v) is 13.0. The molecular weight excluding hydrogens is 495 g/mol. The molecule has 0 saturated carbocycles. The quantitative estimate of drug-likeness (QED) is 0.563. The minimum atomic E-state index is -4.10. The third kappa shape index (κ3) is 5.16. The number of nitrogens with one attached hydrogen (secondary N) is 1. The third-order valence-electron chi connectivity index (χ3n) is 8.09. The second-order valence-corrected chi connectivity index (χ2v) is 10.7. The number of rotatable bonds is 6. The second-order valence-electron chi connectivity index (χ2n) is 10.7. The zero-order valence-electron chi connectivity index (χ0n) is 21.4. The summed E-state index contributed by atoms with van der Waals surface area (Å²) in [6, 6.07) is 13.2. The van der Waals surface area contributed by atoms with Crippen molar-refractivity contribution in [1.82, 2.24) is 15.1 Å². The Morgan fingerprint density at radius 2 is 1.76 bits per heavy atom. The number of likely N-dealkylation sites (tertiary alicyclic amines) is 1. The Hall–Kier alpha value is -3.33. The molecule has 0 aromatic heterocycles. The van der Waals surface area contributed by atoms with Crippen LogP contribution < -0.4 is 10.1 Å². The van der Waals surface area contributed by atoms with Crippen molar-refractivity contribution in [3.8, 4) is 5.75 Å². The number of allylic oxidation sites excluding steroid dienone is 1. The summed E-state index contributed by atoms with van der Waals surface area (Å²) in [5, 5.41) is 2.79. The molecule has 2 fully saturated rings. The van der Waals surface area contributed by atoms with Gasteiger partial charge in [-0.05, 0) is 69.0 Å². The van der Waals surface area contributed by atoms with Gasteiger partial charge in [0.25, 0.3) is 5.91 Å². The van der Waals surface area contributed by atoms with Gasteiger partial charge in [-0.25, -0.2) is 0 Å². The summed E-state index contributed by atoms with van der Waals surface area (Å²) < 4.78 is 44.8. The minimum Gasteiger partial charge on any atom is -0.489 e. The zero-order chi connectivity index (χ0) is 27.1. The van der Waals surface area contributed by atoms with E-state index < -0.39 is 17.6 Å². The van der Waals surface area contributed by atoms with E-state index in [0.717, 1.165) is 16.7 Å². The molecule has 3 aliphatic rings. The smallest absolute Gasteiger partial charge is 0.391 e. The van der Waals surface area contributed by atoms with Crippen LogP contribution in [0.1, 0.15) is 59.7 Å². The Bertz CT molecular complexity index is 1240. The number of benzene rings is 2. The van der Waals surface area contributed by atoms with Crippen LogP contribution in [0, 0.1) is 5.92 Å². The van der Waals surface area contributed by atoms with Crippen LogP contribution >= 0.6 is 0 Å². The molecule has 0 aliphatic carbocycles. The SMILES string of the molecule is C=C1CC[C@](C)(N2Cc3c(OCc4ccc(CN5CCC(C(F)(F)F)CC5)cc4)cccc3C2=O)C(=O)N1. The van der Waals surface area contributed by atoms with Gasteiger partial charge in [-0.2, -0.15) is 13.2 Å². The van der Waals surface area contributed by atoms with Crippen LogP contribution in [0.15, 0.2) is 54.7 Å². The molecule has 5 rings (SSSR count). The first kappa shape index (κ1) is 26.3. The van der Waals surface area contributed by atoms with Crippen molar-refractivity contribution in [1.29, 1.82) is 0 Å². The van der Waals surface area contributed by atoms with E-state index in [1.807, 2.05) is 30.3 Å². The van der Waals surface area contributed by atoms with Gasteiger partial charge in [0.1, 0.15) is 17.9 Å². The molecule has 1 atom stereocenters. The van der Waals surface area contributed by atoms with Gasteiger partial charge in [0.2, 0.25) is 5.91 Å². The lowest BCUT2D eigenvalue weighted by Crippen LogP contribution is -2.59. The second kappa shape index (κ2) is 10.1. The topological polar surface area (TPSA) is 61.9 Å². The Balaban J connectivity index is 1.19. The van der Waals surface area contributed by atoms with Gasteiger partial charge < -0.3 is 15.0 Å². The molecule has 2 aromatic carbocycles. The normalized spacial score (nSPS) is 22.9. The Kier molecular flexibility index (Phi) is 6.98. The van der Waals surface area contributed by atoms with E-state index in [1.165, 1.54) is 0 Å². The number of piperidine rings is 2. The summed E-state index contributed by atoms with van der Waals surface area (Å²) >= 11 is 0. The predicted octanol–water partition coefficient (Wildman–Crippen LogP) is 5.18. The van der Waals surface area contributed by atoms with Gasteiger partial charge in [0.15, 0.2) is 0 Å². The zero-order valence-corrected chi connectivity index (χ0v) is 21.4. The van der Waals surface area contributed by atoms with Crippen molar-refractivity contribution in [3.63, 3.8) is 0 Å². The average molecular weight is 528 g/mol. The molecule has 38 heavy (non-hydrogen) atoms. The summed E-state index contributed by atoms with van der Waals surface area (Å²) in [6.45, 7) is 7.73. The van der Waals surface area contributed by atoms with Crippen LogP contribution in [-0.4, -0.2) is 46.4 Å². The number of alkyl halides is 3. The van der Waals surface area contributed by atoms with Crippen molar-refractivity contribution >= 4 is 11.8 Å². The molecule has 0 radical (unpaired) electrons. The van der Waals surface area contributed by atoms with Gasteiger partial charge >= 0.3 is 6.18 Å². The molecule has 202 valence electrons. The van der Waals surface area contributed by atoms with Crippen molar-refractivity contribution in [2.24, 2.45) is 5.92 Å². The summed E-state index contributed by atoms with van der Waals surface area (Å²) in [5.41, 5.74) is 3.02. The number of carbonyl (C=O) groups excluding carboxylic acids is 2. The Labute approximate surface area is 220 Å². The number of hydrogen-bond acceptors (Lipinski definition) is 4. The van der Waals surface area contributed by atoms with Crippen molar-refractivity contribution in [2.45, 2.75) is 64.0 Å². The van der Waals surface area contributed by atoms with Crippen molar-refractivity contribution < 1.29 is 27.5 Å². The van der Waals surface area contributed by atoms with Crippen molar-refractivity contribution in [2.75, 3.05) is 13.1 Å². The summed E-state index contributed by atoms with van der Waals surface area (Å²) in [6.07, 6.45) is -2.67. The fraction of sp³-hybridized carbons (Fsp3) is 0.448. The number of halogens is 3. The van der Waals surface area contributed by atoms with Gasteiger partial charge in [0.05, 0.1) is 12.5 Å². The monoisotopic (exact) mass is 527 g/mol. The largest absolute Gasteiger partial charge is 0.489 e. The maximum absolute atomic E-state index is 13.2. The molecule has 1 N–H and O–H groups in total. The van der Waals surface area contributed by atoms with Gasteiger partial charge in [0, 0.05) is 23.4 Å². The molecule has 9 heteroatoms. The lowest BCUT2D eigenvalue weighted by Gasteiger charge is -2.40. The number of carbonyl (C=O) groups is 2. The van der Waals surface area contributed by atoms with Gasteiger partial charge in [-0.1, -0.05) is 36.9 Å². The van der Waals surface area contributed by atoms with Crippen LogP contribution in [0.2, 0.25) is 0 Å². The first-order valence-electron chi connectivity index (χ1n) is 13.0. The number of amides is 2. The standard InChI is InChI=1S/C29H32F3N3O3/c1-19-10-13-28(2,27(37)33-19)35-17-24-23(26(35)36)4-3-5-25(24)38-18-21-8-6-20(7-9-21)16-34-14-11-22(12-15-34)29(30,31)32/h3-9,22H,1,10-18H2,2H3,(H,33,37)/t28-/m0/s1. The summed E-state index contributed by atoms with van der Waals surface area (Å²) in [5.74, 6) is -0.983. The third-order valence-corrected chi connectivity index (χ3v) is 8.09. The highest BCUT2D eigenvalue weighted by Crippen LogP contribution is 2.39. The van der Waals surface area contributed by atoms with Crippen LogP contribution in [0.4, 0.5) is 13.2 Å². The average Bonchev–Trinajstić information content (AvgIpc) is 3.23. The van der Waals surface area contributed by atoms with Gasteiger partial charge in [-0.3, -0.25) is 14.5 Å². The number of nitrogens with zero attached hydrogens (tertiary/aromatic N) is 2. The molecule has 0 bridgehead atoms. The Morgan fingerprint density at radius 1 is 1.08 bits per heavy atom. The molecular formula is C29H32F3N3O3. The van der Waals surface area contributed by atoms with E-state index in [4.69, 9.17) is 4.74 Å². The number of ether oxygens (including phenoxy) is 1. The maximum atomic E-state index is 13.2. The predicted molar refractivity (Wildman–Crippen MR) is 136 cm³/mol. The van der Waals surface area contributed by atoms with Crippen LogP contribution in [0.3, 0.4) is 0 Å². The lowest BCUT2D eigenvalue weighted by atomic mass is 9.88. The molecule has 3 aliphatic heterocycles. The highest BCUT2D eigenvalue weighted by atomic mass is 19.4. The van der Waals surface area contributed by atoms with Gasteiger partial charge in [-0.15, -0.1) is 0 Å². The fourth-order valence-electron chi connectivity index (χ4n) is 5.54. The van der Waals surface area contributed by atoms with E-state index in [1.54, 1.807) is 24.0 Å². The molecule has 2 amide bonds. The number of fused-ring (bicyclic) bond motifs is 1. The van der Waals surface area contributed by atoms with E-state index in [2.05, 4.69) is 16.8 Å². The highest BCUT2D eigenvalue weighted by molar-refractivity contribution is 6.03. The van der Waals surface area contributed by atoms with Crippen LogP contribution in [0.5, 0.6) is 5.75 Å². The van der Waals surface area contributed by atoms with E-state index in [0.29, 0.717) is 62.6 Å². The highest BCUT2D eigenvalue weighted by Gasteiger charge is 2.48. The summed E-state index contributed by atoms with van der Waals surface area (Å²) in [7, 11) is 0. The van der Waals surface area contributed by atoms with Crippen molar-refractivity contribution in [3.05, 3.63) is 77.0 Å². The number of hydrogen-bond donors (Lipinski definition) is 1. The molecule has 3 heterocycles. The van der Waals surface area contributed by atoms with E-state index >= 15 is 0 Å². The molecule has 0 spiro atoms. The maximum Gasteiger partial charge on any atom is 0.391 e. The molecule has 2 saturated heterocycles. The molecule has 0 unspecified atom stereocenters. The van der Waals surface area contributed by atoms with Crippen LogP contribution in [0.25, 0.3) is 0 Å². The molecule has 2 aromatic rings. The minimum absolute atomic E-state index is 0.149. The van der Waals surface area contributed by atoms with Crippen LogP contribution in [-0.2, 0) is 24.5 Å². The van der Waals surface area contributed by atoms with E-state index in [-0.39, 0.29) is 24.7 Å². The van der Waals surface area contributed by atoms with E-state index in [9.17, 15) is 22.8 Å². The lowest BCUT2D eigenvalue weighted by molar-refractivity contribution is -0.185. The summed E-state index contributed by atoms with van der Waals surface area (Å²) in [4.78, 5) is 29.7.